The summed E-state index contributed by atoms with van der Waals surface area (Å²) >= 11 is 0. The third kappa shape index (κ3) is 3.07. The van der Waals surface area contributed by atoms with Crippen molar-refractivity contribution < 1.29 is 18.1 Å². The maximum atomic E-state index is 11.1. The molecule has 0 aliphatic rings. The first-order valence-electron chi connectivity index (χ1n) is 4.71. The first-order chi connectivity index (χ1) is 7.35. The lowest BCUT2D eigenvalue weighted by molar-refractivity contribution is 0.447. The molecule has 2 N–H and O–H groups in total. The van der Waals surface area contributed by atoms with Gasteiger partial charge in [-0.2, -0.15) is 8.42 Å². The number of nitrogens with zero attached hydrogens (tertiary/aromatic N) is 1. The summed E-state index contributed by atoms with van der Waals surface area (Å²) < 4.78 is 31.2. The van der Waals surface area contributed by atoms with E-state index in [1.165, 1.54) is 10.8 Å². The SMILES string of the molecule is CCc1c(O)c(=O)ccn1CCS(=O)(=O)O. The van der Waals surface area contributed by atoms with Crippen molar-refractivity contribution in [3.05, 3.63) is 28.2 Å². The predicted molar refractivity (Wildman–Crippen MR) is 58.2 cm³/mol. The molecule has 0 aromatic carbocycles. The van der Waals surface area contributed by atoms with Crippen LogP contribution in [0, 0.1) is 0 Å². The van der Waals surface area contributed by atoms with Crippen LogP contribution in [-0.4, -0.2) is 28.4 Å². The molecule has 0 aliphatic heterocycles. The molecule has 0 fully saturated rings. The second kappa shape index (κ2) is 4.67. The number of aromatic hydroxyl groups is 1. The van der Waals surface area contributed by atoms with E-state index in [0.29, 0.717) is 12.1 Å². The van der Waals surface area contributed by atoms with E-state index < -0.39 is 21.3 Å². The lowest BCUT2D eigenvalue weighted by atomic mass is 10.2. The molecule has 0 aliphatic carbocycles. The first kappa shape index (κ1) is 12.7. The van der Waals surface area contributed by atoms with Crippen LogP contribution in [0.15, 0.2) is 17.1 Å². The van der Waals surface area contributed by atoms with Crippen LogP contribution in [0.4, 0.5) is 0 Å². The van der Waals surface area contributed by atoms with Crippen LogP contribution in [0.25, 0.3) is 0 Å². The van der Waals surface area contributed by atoms with Crippen LogP contribution in [0.2, 0.25) is 0 Å². The third-order valence-electron chi connectivity index (χ3n) is 2.18. The second-order valence-electron chi connectivity index (χ2n) is 3.31. The van der Waals surface area contributed by atoms with Gasteiger partial charge in [0.15, 0.2) is 5.75 Å². The highest BCUT2D eigenvalue weighted by Crippen LogP contribution is 2.11. The van der Waals surface area contributed by atoms with E-state index in [1.54, 1.807) is 6.92 Å². The molecule has 0 saturated carbocycles. The number of aryl methyl sites for hydroxylation is 1. The summed E-state index contributed by atoms with van der Waals surface area (Å²) in [5.74, 6) is -0.831. The summed E-state index contributed by atoms with van der Waals surface area (Å²) in [4.78, 5) is 11.1. The third-order valence-corrected chi connectivity index (χ3v) is 2.88. The van der Waals surface area contributed by atoms with Crippen LogP contribution in [0.1, 0.15) is 12.6 Å². The summed E-state index contributed by atoms with van der Waals surface area (Å²) in [5, 5.41) is 9.46. The average Bonchev–Trinajstić information content (AvgIpc) is 2.18. The molecule has 0 saturated heterocycles. The maximum Gasteiger partial charge on any atom is 0.266 e. The van der Waals surface area contributed by atoms with Crippen LogP contribution < -0.4 is 5.43 Å². The summed E-state index contributed by atoms with van der Waals surface area (Å²) in [6.07, 6.45) is 1.79. The predicted octanol–water partition coefficient (Wildman–Crippen LogP) is 0.00410. The molecule has 16 heavy (non-hydrogen) atoms. The lowest BCUT2D eigenvalue weighted by Crippen LogP contribution is -2.17. The summed E-state index contributed by atoms with van der Waals surface area (Å²) in [6, 6.07) is 1.15. The highest BCUT2D eigenvalue weighted by molar-refractivity contribution is 7.85. The Labute approximate surface area is 92.9 Å². The van der Waals surface area contributed by atoms with Crippen molar-refractivity contribution in [2.24, 2.45) is 0 Å². The van der Waals surface area contributed by atoms with Gasteiger partial charge in [0.2, 0.25) is 5.43 Å². The van der Waals surface area contributed by atoms with Crippen LogP contribution >= 0.6 is 0 Å². The Hall–Kier alpha value is -1.34. The van der Waals surface area contributed by atoms with Crippen molar-refractivity contribution >= 4 is 10.1 Å². The Morgan fingerprint density at radius 2 is 2.06 bits per heavy atom. The Morgan fingerprint density at radius 3 is 2.56 bits per heavy atom. The molecule has 1 heterocycles. The highest BCUT2D eigenvalue weighted by Gasteiger charge is 2.10. The van der Waals surface area contributed by atoms with Crippen molar-refractivity contribution in [1.82, 2.24) is 4.57 Å². The Balaban J connectivity index is 3.06. The van der Waals surface area contributed by atoms with E-state index in [-0.39, 0.29) is 12.3 Å². The van der Waals surface area contributed by atoms with E-state index in [2.05, 4.69) is 0 Å². The zero-order chi connectivity index (χ0) is 12.3. The summed E-state index contributed by atoms with van der Waals surface area (Å²) in [7, 11) is -4.05. The van der Waals surface area contributed by atoms with Gasteiger partial charge in [0.25, 0.3) is 10.1 Å². The van der Waals surface area contributed by atoms with E-state index in [9.17, 15) is 18.3 Å². The molecule has 0 spiro atoms. The van der Waals surface area contributed by atoms with Gasteiger partial charge in [-0.15, -0.1) is 0 Å². The average molecular weight is 247 g/mol. The van der Waals surface area contributed by atoms with E-state index >= 15 is 0 Å². The van der Waals surface area contributed by atoms with Gasteiger partial charge < -0.3 is 9.67 Å². The molecule has 6 nitrogen and oxygen atoms in total. The molecule has 1 aromatic rings. The van der Waals surface area contributed by atoms with Crippen LogP contribution in [0.5, 0.6) is 5.75 Å². The second-order valence-corrected chi connectivity index (χ2v) is 4.88. The monoisotopic (exact) mass is 247 g/mol. The number of hydrogen-bond acceptors (Lipinski definition) is 4. The fraction of sp³-hybridized carbons (Fsp3) is 0.444. The van der Waals surface area contributed by atoms with Crippen LogP contribution in [-0.2, 0) is 23.1 Å². The normalized spacial score (nSPS) is 11.6. The number of aromatic nitrogens is 1. The number of rotatable bonds is 4. The van der Waals surface area contributed by atoms with Gasteiger partial charge in [-0.3, -0.25) is 9.35 Å². The topological polar surface area (TPSA) is 96.6 Å². The van der Waals surface area contributed by atoms with E-state index in [4.69, 9.17) is 4.55 Å². The molecule has 0 atom stereocenters. The molecule has 0 unspecified atom stereocenters. The minimum atomic E-state index is -4.05. The van der Waals surface area contributed by atoms with Gasteiger partial charge in [0.1, 0.15) is 0 Å². The standard InChI is InChI=1S/C9H13NO5S/c1-2-7-9(12)8(11)3-4-10(7)5-6-16(13,14)15/h3-4,12H,2,5-6H2,1H3,(H,13,14,15). The number of pyridine rings is 1. The molecular weight excluding hydrogens is 234 g/mol. The minimum absolute atomic E-state index is 0.00412. The number of hydrogen-bond donors (Lipinski definition) is 2. The van der Waals surface area contributed by atoms with E-state index in [0.717, 1.165) is 6.07 Å². The van der Waals surface area contributed by atoms with Gasteiger partial charge in [-0.05, 0) is 6.42 Å². The zero-order valence-corrected chi connectivity index (χ0v) is 9.57. The fourth-order valence-corrected chi connectivity index (χ4v) is 1.83. The molecule has 7 heteroatoms. The van der Waals surface area contributed by atoms with Crippen molar-refractivity contribution in [2.75, 3.05) is 5.75 Å². The Morgan fingerprint density at radius 1 is 1.44 bits per heavy atom. The molecule has 0 radical (unpaired) electrons. The minimum Gasteiger partial charge on any atom is -0.503 e. The summed E-state index contributed by atoms with van der Waals surface area (Å²) in [5.41, 5.74) is -0.142. The van der Waals surface area contributed by atoms with Crippen molar-refractivity contribution in [3.8, 4) is 5.75 Å². The quantitative estimate of drug-likeness (QED) is 0.730. The first-order valence-corrected chi connectivity index (χ1v) is 6.32. The highest BCUT2D eigenvalue weighted by atomic mass is 32.2. The molecule has 1 rings (SSSR count). The Bertz CT molecular complexity index is 531. The smallest absolute Gasteiger partial charge is 0.266 e. The van der Waals surface area contributed by atoms with Gasteiger partial charge in [-0.25, -0.2) is 0 Å². The van der Waals surface area contributed by atoms with Crippen molar-refractivity contribution in [3.63, 3.8) is 0 Å². The lowest BCUT2D eigenvalue weighted by Gasteiger charge is -2.12. The van der Waals surface area contributed by atoms with Gasteiger partial charge >= 0.3 is 0 Å². The molecule has 90 valence electrons. The van der Waals surface area contributed by atoms with Gasteiger partial charge in [-0.1, -0.05) is 6.92 Å². The van der Waals surface area contributed by atoms with Gasteiger partial charge in [0, 0.05) is 18.8 Å². The van der Waals surface area contributed by atoms with Crippen LogP contribution in [0.3, 0.4) is 0 Å². The zero-order valence-electron chi connectivity index (χ0n) is 8.75. The summed E-state index contributed by atoms with van der Waals surface area (Å²) in [6.45, 7) is 1.73. The maximum absolute atomic E-state index is 11.1. The largest absolute Gasteiger partial charge is 0.503 e. The molecule has 1 aromatic heterocycles. The van der Waals surface area contributed by atoms with E-state index in [1.807, 2.05) is 0 Å². The fourth-order valence-electron chi connectivity index (χ4n) is 1.40. The molecule has 0 bridgehead atoms. The van der Waals surface area contributed by atoms with Crippen molar-refractivity contribution in [1.29, 1.82) is 0 Å². The van der Waals surface area contributed by atoms with Gasteiger partial charge in [0.05, 0.1) is 11.4 Å². The van der Waals surface area contributed by atoms with Crippen molar-refractivity contribution in [2.45, 2.75) is 19.9 Å². The Kier molecular flexibility index (Phi) is 3.71. The molecule has 0 amide bonds. The molecular formula is C9H13NO5S.